The fraction of sp³-hybridized carbons (Fsp3) is 0.167. The van der Waals surface area contributed by atoms with E-state index in [0.29, 0.717) is 29.7 Å². The third kappa shape index (κ3) is 6.58. The van der Waals surface area contributed by atoms with E-state index >= 15 is 0 Å². The number of ether oxygens (including phenoxy) is 1. The van der Waals surface area contributed by atoms with Gasteiger partial charge in [-0.2, -0.15) is 0 Å². The molecule has 2 aromatic heterocycles. The molecular formula is C42H37ClN6O2. The number of aromatic nitrogens is 6. The third-order valence-electron chi connectivity index (χ3n) is 9.28. The zero-order valence-corrected chi connectivity index (χ0v) is 29.0. The van der Waals surface area contributed by atoms with Crippen LogP contribution in [0.1, 0.15) is 53.5 Å². The number of carbonyl (C=O) groups excluding carboxylic acids is 1. The molecule has 0 aliphatic heterocycles. The second kappa shape index (κ2) is 15.4. The van der Waals surface area contributed by atoms with Crippen LogP contribution >= 0.6 is 11.6 Å². The van der Waals surface area contributed by atoms with Crippen molar-refractivity contribution in [1.29, 1.82) is 0 Å². The lowest BCUT2D eigenvalue weighted by Gasteiger charge is -2.36. The van der Waals surface area contributed by atoms with Gasteiger partial charge in [0.05, 0.1) is 5.69 Å². The Morgan fingerprint density at radius 3 is 1.88 bits per heavy atom. The minimum absolute atomic E-state index is 0.0675. The van der Waals surface area contributed by atoms with Gasteiger partial charge in [-0.15, -0.1) is 5.10 Å². The van der Waals surface area contributed by atoms with E-state index in [4.69, 9.17) is 26.6 Å². The zero-order chi connectivity index (χ0) is 35.0. The number of hydrogen-bond acceptors (Lipinski definition) is 6. The van der Waals surface area contributed by atoms with E-state index in [9.17, 15) is 4.79 Å². The van der Waals surface area contributed by atoms with E-state index in [0.717, 1.165) is 64.0 Å². The number of unbranched alkanes of at least 4 members (excludes halogenated alkanes) is 1. The van der Waals surface area contributed by atoms with Gasteiger partial charge in [0.25, 0.3) is 6.47 Å². The summed E-state index contributed by atoms with van der Waals surface area (Å²) in [4.78, 5) is 15.6. The van der Waals surface area contributed by atoms with Crippen molar-refractivity contribution < 1.29 is 9.53 Å². The van der Waals surface area contributed by atoms with Crippen LogP contribution in [0.4, 0.5) is 0 Å². The predicted molar refractivity (Wildman–Crippen MR) is 199 cm³/mol. The Bertz CT molecular complexity index is 2100. The predicted octanol–water partition coefficient (Wildman–Crippen LogP) is 8.76. The molecule has 9 heteroatoms. The maximum Gasteiger partial charge on any atom is 0.293 e. The van der Waals surface area contributed by atoms with Crippen LogP contribution in [0.25, 0.3) is 22.5 Å². The quantitative estimate of drug-likeness (QED) is 0.0837. The van der Waals surface area contributed by atoms with Crippen LogP contribution in [0.3, 0.4) is 0 Å². The standard InChI is InChI=1S/C42H37ClN6O2/c1-2-3-23-39-44-40(43)38(29-51-30-50)48(39)28-31-24-26-32(27-25-31)36-21-13-14-22-37(36)41-45-46-47-49(41)42(33-15-7-4-8-16-33,34-17-9-5-10-18-34)35-19-11-6-12-20-35/h4-22,24-27,30H,2-3,23,28-29H2,1H3. The first kappa shape index (κ1) is 33.6. The average molecular weight is 693 g/mol. The molecule has 0 aliphatic carbocycles. The second-order valence-electron chi connectivity index (χ2n) is 12.3. The summed E-state index contributed by atoms with van der Waals surface area (Å²) in [5.74, 6) is 1.52. The molecule has 0 saturated heterocycles. The van der Waals surface area contributed by atoms with E-state index in [1.807, 2.05) is 35.0 Å². The molecule has 0 spiro atoms. The van der Waals surface area contributed by atoms with Crippen LogP contribution in [0.15, 0.2) is 140 Å². The van der Waals surface area contributed by atoms with Gasteiger partial charge in [0.15, 0.2) is 11.0 Å². The Hall–Kier alpha value is -5.86. The average Bonchev–Trinajstić information content (AvgIpc) is 3.79. The van der Waals surface area contributed by atoms with Crippen molar-refractivity contribution in [1.82, 2.24) is 29.8 Å². The van der Waals surface area contributed by atoms with Crippen LogP contribution in [0.5, 0.6) is 0 Å². The van der Waals surface area contributed by atoms with Gasteiger partial charge in [-0.1, -0.05) is 164 Å². The first-order valence-electron chi connectivity index (χ1n) is 17.1. The van der Waals surface area contributed by atoms with Crippen LogP contribution in [-0.2, 0) is 34.6 Å². The number of tetrazole rings is 1. The highest BCUT2D eigenvalue weighted by atomic mass is 35.5. The SMILES string of the molecule is CCCCc1nc(Cl)c(COC=O)n1Cc1ccc(-c2ccccc2-c2nnnn2C(c2ccccc2)(c2ccccc2)c2ccccc2)cc1. The molecular weight excluding hydrogens is 656 g/mol. The Labute approximate surface area is 302 Å². The first-order chi connectivity index (χ1) is 25.1. The summed E-state index contributed by atoms with van der Waals surface area (Å²) in [7, 11) is 0. The summed E-state index contributed by atoms with van der Waals surface area (Å²) >= 11 is 6.52. The molecule has 51 heavy (non-hydrogen) atoms. The van der Waals surface area contributed by atoms with Crippen LogP contribution in [0, 0.1) is 0 Å². The molecule has 0 amide bonds. The lowest BCUT2D eigenvalue weighted by atomic mass is 9.77. The number of nitrogens with zero attached hydrogens (tertiary/aromatic N) is 6. The molecule has 0 bridgehead atoms. The first-order valence-corrected chi connectivity index (χ1v) is 17.5. The number of hydrogen-bond donors (Lipinski definition) is 0. The van der Waals surface area contributed by atoms with E-state index in [1.165, 1.54) is 0 Å². The maximum absolute atomic E-state index is 11.0. The summed E-state index contributed by atoms with van der Waals surface area (Å²) in [6.45, 7) is 3.19. The fourth-order valence-corrected chi connectivity index (χ4v) is 7.11. The monoisotopic (exact) mass is 692 g/mol. The lowest BCUT2D eigenvalue weighted by molar-refractivity contribution is -0.130. The molecule has 2 heterocycles. The van der Waals surface area contributed by atoms with Crippen LogP contribution < -0.4 is 0 Å². The van der Waals surface area contributed by atoms with Gasteiger partial charge < -0.3 is 9.30 Å². The van der Waals surface area contributed by atoms with Crippen LogP contribution in [0.2, 0.25) is 5.15 Å². The molecule has 0 aliphatic rings. The highest BCUT2D eigenvalue weighted by Crippen LogP contribution is 2.43. The molecule has 5 aromatic carbocycles. The highest BCUT2D eigenvalue weighted by Gasteiger charge is 2.42. The summed E-state index contributed by atoms with van der Waals surface area (Å²) in [6.07, 6.45) is 2.80. The summed E-state index contributed by atoms with van der Waals surface area (Å²) in [6, 6.07) is 47.9. The van der Waals surface area contributed by atoms with Crippen molar-refractivity contribution in [3.05, 3.63) is 178 Å². The van der Waals surface area contributed by atoms with E-state index < -0.39 is 5.54 Å². The van der Waals surface area contributed by atoms with Crippen molar-refractivity contribution in [3.63, 3.8) is 0 Å². The number of carbonyl (C=O) groups is 1. The minimum Gasteiger partial charge on any atom is -0.461 e. The maximum atomic E-state index is 11.0. The molecule has 8 nitrogen and oxygen atoms in total. The van der Waals surface area contributed by atoms with Gasteiger partial charge in [-0.25, -0.2) is 9.67 Å². The molecule has 0 fully saturated rings. The van der Waals surface area contributed by atoms with E-state index in [2.05, 4.69) is 131 Å². The molecule has 7 aromatic rings. The van der Waals surface area contributed by atoms with Gasteiger partial charge in [0, 0.05) is 18.5 Å². The second-order valence-corrected chi connectivity index (χ2v) is 12.7. The van der Waals surface area contributed by atoms with Crippen molar-refractivity contribution in [2.45, 2.75) is 44.9 Å². The third-order valence-corrected chi connectivity index (χ3v) is 9.58. The Balaban J connectivity index is 1.32. The number of benzene rings is 5. The Kier molecular flexibility index (Phi) is 10.1. The highest BCUT2D eigenvalue weighted by molar-refractivity contribution is 6.30. The molecule has 0 saturated carbocycles. The van der Waals surface area contributed by atoms with Gasteiger partial charge in [-0.05, 0) is 50.2 Å². The number of imidazole rings is 1. The molecule has 0 radical (unpaired) electrons. The topological polar surface area (TPSA) is 87.7 Å². The van der Waals surface area contributed by atoms with Crippen molar-refractivity contribution in [3.8, 4) is 22.5 Å². The number of rotatable bonds is 14. The number of aryl methyl sites for hydroxylation is 1. The van der Waals surface area contributed by atoms with Gasteiger partial charge >= 0.3 is 0 Å². The summed E-state index contributed by atoms with van der Waals surface area (Å²) < 4.78 is 9.12. The van der Waals surface area contributed by atoms with E-state index in [1.54, 1.807) is 0 Å². The normalized spacial score (nSPS) is 11.4. The lowest BCUT2D eigenvalue weighted by Crippen LogP contribution is -2.39. The fourth-order valence-electron chi connectivity index (χ4n) is 6.86. The molecule has 254 valence electrons. The molecule has 0 N–H and O–H groups in total. The minimum atomic E-state index is -0.869. The van der Waals surface area contributed by atoms with Gasteiger partial charge in [0.1, 0.15) is 18.0 Å². The largest absolute Gasteiger partial charge is 0.461 e. The van der Waals surface area contributed by atoms with Gasteiger partial charge in [-0.3, -0.25) is 4.79 Å². The Morgan fingerprint density at radius 2 is 1.31 bits per heavy atom. The molecule has 0 unspecified atom stereocenters. The summed E-state index contributed by atoms with van der Waals surface area (Å²) in [5.41, 5.74) is 6.92. The van der Waals surface area contributed by atoms with Crippen molar-refractivity contribution in [2.24, 2.45) is 0 Å². The smallest absolute Gasteiger partial charge is 0.293 e. The van der Waals surface area contributed by atoms with Gasteiger partial charge in [0.2, 0.25) is 0 Å². The van der Waals surface area contributed by atoms with E-state index in [-0.39, 0.29) is 6.61 Å². The Morgan fingerprint density at radius 1 is 0.745 bits per heavy atom. The van der Waals surface area contributed by atoms with Crippen LogP contribution in [-0.4, -0.2) is 36.2 Å². The zero-order valence-electron chi connectivity index (χ0n) is 28.3. The number of halogens is 1. The summed E-state index contributed by atoms with van der Waals surface area (Å²) in [5, 5.41) is 14.1. The van der Waals surface area contributed by atoms with Crippen molar-refractivity contribution in [2.75, 3.05) is 0 Å². The van der Waals surface area contributed by atoms with Crippen molar-refractivity contribution >= 4 is 18.1 Å². The molecule has 0 atom stereocenters. The molecule has 7 rings (SSSR count).